The molecule has 0 unspecified atom stereocenters. The first-order valence-corrected chi connectivity index (χ1v) is 19.1. The van der Waals surface area contributed by atoms with Crippen molar-refractivity contribution in [1.82, 2.24) is 19.1 Å². The van der Waals surface area contributed by atoms with Gasteiger partial charge >= 0.3 is 0 Å². The van der Waals surface area contributed by atoms with Crippen LogP contribution < -0.4 is 0 Å². The van der Waals surface area contributed by atoms with Gasteiger partial charge in [-0.3, -0.25) is 4.57 Å². The molecule has 12 rings (SSSR count). The molecule has 0 bridgehead atoms. The summed E-state index contributed by atoms with van der Waals surface area (Å²) in [7, 11) is 0. The second kappa shape index (κ2) is 12.0. The molecule has 0 aliphatic heterocycles. The van der Waals surface area contributed by atoms with Gasteiger partial charge in [0.15, 0.2) is 0 Å². The second-order valence-electron chi connectivity index (χ2n) is 14.6. The molecule has 4 nitrogen and oxygen atoms in total. The molecule has 0 N–H and O–H groups in total. The normalized spacial score (nSPS) is 11.9. The van der Waals surface area contributed by atoms with Crippen LogP contribution in [0.3, 0.4) is 0 Å². The van der Waals surface area contributed by atoms with Crippen LogP contribution in [0.5, 0.6) is 0 Å². The topological polar surface area (TPSA) is 35.6 Å². The quantitative estimate of drug-likeness (QED) is 0.182. The molecule has 0 amide bonds. The molecule has 0 radical (unpaired) electrons. The molecule has 12 aromatic rings. The summed E-state index contributed by atoms with van der Waals surface area (Å²) in [6.07, 6.45) is 0. The molecule has 4 heteroatoms. The number of aromatic nitrogens is 4. The molecular weight excluding hydrogens is 681 g/mol. The third-order valence-electron chi connectivity index (χ3n) is 11.5. The van der Waals surface area contributed by atoms with E-state index in [0.29, 0.717) is 5.95 Å². The number of nitrogens with zero attached hydrogens (tertiary/aromatic N) is 4. The zero-order valence-corrected chi connectivity index (χ0v) is 30.3. The summed E-state index contributed by atoms with van der Waals surface area (Å²) in [5.74, 6) is 0.647. The van der Waals surface area contributed by atoms with Gasteiger partial charge in [-0.05, 0) is 81.2 Å². The third kappa shape index (κ3) is 4.60. The maximum absolute atomic E-state index is 5.49. The fourth-order valence-electron chi connectivity index (χ4n) is 8.90. The first-order valence-electron chi connectivity index (χ1n) is 19.1. The summed E-state index contributed by atoms with van der Waals surface area (Å²) in [5.41, 5.74) is 10.9. The Morgan fingerprint density at radius 2 is 0.911 bits per heavy atom. The summed E-state index contributed by atoms with van der Waals surface area (Å²) >= 11 is 0. The summed E-state index contributed by atoms with van der Waals surface area (Å²) in [6.45, 7) is 0. The van der Waals surface area contributed by atoms with E-state index in [-0.39, 0.29) is 0 Å². The van der Waals surface area contributed by atoms with E-state index in [1.165, 1.54) is 59.7 Å². The van der Waals surface area contributed by atoms with Crippen LogP contribution in [0.1, 0.15) is 0 Å². The van der Waals surface area contributed by atoms with Crippen LogP contribution in [0.4, 0.5) is 0 Å². The van der Waals surface area contributed by atoms with Crippen molar-refractivity contribution in [3.8, 4) is 34.0 Å². The van der Waals surface area contributed by atoms with Crippen LogP contribution >= 0.6 is 0 Å². The molecule has 0 spiro atoms. The molecule has 0 saturated carbocycles. The van der Waals surface area contributed by atoms with Gasteiger partial charge in [-0.15, -0.1) is 0 Å². The van der Waals surface area contributed by atoms with Crippen LogP contribution in [0, 0.1) is 0 Å². The standard InChI is InChI=1S/C52H32N4/c1-2-17-38(18-3-1)55-47-24-11-9-20-41(47)44-31-45-43-29-36-14-4-5-15-37(36)30-48(43)56(50(45)32-49(44)55)52-53-46-23-10-8-21-42(46)51(54-52)35-27-25-34(26-28-35)40-22-12-16-33-13-6-7-19-39(33)40/h1-32H. The fraction of sp³-hybridized carbons (Fsp3) is 0. The van der Waals surface area contributed by atoms with Crippen molar-refractivity contribution in [1.29, 1.82) is 0 Å². The molecule has 3 heterocycles. The lowest BCUT2D eigenvalue weighted by atomic mass is 9.96. The Bertz CT molecular complexity index is 3510. The zero-order valence-electron chi connectivity index (χ0n) is 30.3. The number of hydrogen-bond acceptors (Lipinski definition) is 2. The van der Waals surface area contributed by atoms with Gasteiger partial charge in [0.1, 0.15) is 0 Å². The minimum Gasteiger partial charge on any atom is -0.309 e. The number of para-hydroxylation sites is 3. The van der Waals surface area contributed by atoms with Crippen molar-refractivity contribution < 1.29 is 0 Å². The van der Waals surface area contributed by atoms with Crippen molar-refractivity contribution >= 4 is 76.1 Å². The highest BCUT2D eigenvalue weighted by Crippen LogP contribution is 2.41. The Morgan fingerprint density at radius 3 is 1.75 bits per heavy atom. The Hall–Kier alpha value is -7.56. The van der Waals surface area contributed by atoms with Crippen molar-refractivity contribution in [2.75, 3.05) is 0 Å². The minimum absolute atomic E-state index is 0.647. The van der Waals surface area contributed by atoms with Gasteiger partial charge in [0.25, 0.3) is 0 Å². The molecule has 0 aliphatic rings. The highest BCUT2D eigenvalue weighted by molar-refractivity contribution is 6.20. The predicted molar refractivity (Wildman–Crippen MR) is 234 cm³/mol. The van der Waals surface area contributed by atoms with E-state index < -0.39 is 0 Å². The molecule has 56 heavy (non-hydrogen) atoms. The average Bonchev–Trinajstić information content (AvgIpc) is 3.75. The lowest BCUT2D eigenvalue weighted by Gasteiger charge is -2.13. The summed E-state index contributed by atoms with van der Waals surface area (Å²) in [5, 5.41) is 10.7. The molecule has 0 fully saturated rings. The number of hydrogen-bond donors (Lipinski definition) is 0. The Labute approximate surface area is 322 Å². The van der Waals surface area contributed by atoms with E-state index in [0.717, 1.165) is 44.4 Å². The smallest absolute Gasteiger partial charge is 0.235 e. The lowest BCUT2D eigenvalue weighted by Crippen LogP contribution is -2.03. The van der Waals surface area contributed by atoms with Crippen LogP contribution in [0.25, 0.3) is 110 Å². The number of benzene rings is 9. The van der Waals surface area contributed by atoms with Gasteiger partial charge in [0.05, 0.1) is 33.3 Å². The van der Waals surface area contributed by atoms with Gasteiger partial charge in [0, 0.05) is 38.2 Å². The van der Waals surface area contributed by atoms with Gasteiger partial charge < -0.3 is 4.57 Å². The molecular formula is C52H32N4. The van der Waals surface area contributed by atoms with E-state index in [9.17, 15) is 0 Å². The zero-order chi connectivity index (χ0) is 36.7. The van der Waals surface area contributed by atoms with E-state index in [1.807, 2.05) is 0 Å². The van der Waals surface area contributed by atoms with Gasteiger partial charge in [-0.1, -0.05) is 146 Å². The predicted octanol–water partition coefficient (Wildman–Crippen LogP) is 13.5. The highest BCUT2D eigenvalue weighted by Gasteiger charge is 2.21. The average molecular weight is 713 g/mol. The third-order valence-corrected chi connectivity index (χ3v) is 11.5. The monoisotopic (exact) mass is 712 g/mol. The molecule has 0 atom stereocenters. The lowest BCUT2D eigenvalue weighted by molar-refractivity contribution is 1.01. The van der Waals surface area contributed by atoms with E-state index >= 15 is 0 Å². The van der Waals surface area contributed by atoms with Crippen molar-refractivity contribution in [2.24, 2.45) is 0 Å². The van der Waals surface area contributed by atoms with Crippen LogP contribution in [-0.2, 0) is 0 Å². The maximum atomic E-state index is 5.49. The first kappa shape index (κ1) is 30.9. The second-order valence-corrected chi connectivity index (χ2v) is 14.6. The fourth-order valence-corrected chi connectivity index (χ4v) is 8.90. The largest absolute Gasteiger partial charge is 0.309 e. The van der Waals surface area contributed by atoms with Crippen molar-refractivity contribution in [3.05, 3.63) is 194 Å². The van der Waals surface area contributed by atoms with E-state index in [2.05, 4.69) is 203 Å². The number of rotatable bonds is 4. The highest BCUT2D eigenvalue weighted by atomic mass is 15.2. The van der Waals surface area contributed by atoms with Gasteiger partial charge in [0.2, 0.25) is 5.95 Å². The molecule has 9 aromatic carbocycles. The van der Waals surface area contributed by atoms with Gasteiger partial charge in [-0.2, -0.15) is 0 Å². The summed E-state index contributed by atoms with van der Waals surface area (Å²) in [4.78, 5) is 10.8. The van der Waals surface area contributed by atoms with Crippen LogP contribution in [0.2, 0.25) is 0 Å². The van der Waals surface area contributed by atoms with E-state index in [1.54, 1.807) is 0 Å². The molecule has 0 aliphatic carbocycles. The molecule has 3 aromatic heterocycles. The number of fused-ring (bicyclic) bond motifs is 9. The molecule has 260 valence electrons. The maximum Gasteiger partial charge on any atom is 0.235 e. The summed E-state index contributed by atoms with van der Waals surface area (Å²) in [6, 6.07) is 69.7. The SMILES string of the molecule is c1ccc(-n2c3ccccc3c3cc4c5cc6ccccc6cc5n(-c5nc(-c6ccc(-c7cccc8ccccc78)cc6)c6ccccc6n5)c4cc32)cc1. The van der Waals surface area contributed by atoms with E-state index in [4.69, 9.17) is 9.97 Å². The molecule has 0 saturated heterocycles. The van der Waals surface area contributed by atoms with Gasteiger partial charge in [-0.25, -0.2) is 9.97 Å². The Morgan fingerprint density at radius 1 is 0.321 bits per heavy atom. The summed E-state index contributed by atoms with van der Waals surface area (Å²) < 4.78 is 4.66. The Kier molecular flexibility index (Phi) is 6.60. The Balaban J connectivity index is 1.14. The van der Waals surface area contributed by atoms with Crippen molar-refractivity contribution in [3.63, 3.8) is 0 Å². The van der Waals surface area contributed by atoms with Crippen LogP contribution in [0.15, 0.2) is 194 Å². The van der Waals surface area contributed by atoms with Crippen LogP contribution in [-0.4, -0.2) is 19.1 Å². The minimum atomic E-state index is 0.647. The van der Waals surface area contributed by atoms with Crippen molar-refractivity contribution in [2.45, 2.75) is 0 Å². The first-order chi connectivity index (χ1) is 27.8.